The Morgan fingerprint density at radius 1 is 1.20 bits per heavy atom. The molecule has 2 aromatic rings. The van der Waals surface area contributed by atoms with E-state index in [1.54, 1.807) is 24.3 Å². The molecule has 0 aliphatic carbocycles. The third-order valence-electron chi connectivity index (χ3n) is 4.30. The molecule has 2 amide bonds. The zero-order valence-electron chi connectivity index (χ0n) is 14.7. The van der Waals surface area contributed by atoms with Gasteiger partial charge in [-0.3, -0.25) is 14.5 Å². The van der Waals surface area contributed by atoms with E-state index in [1.165, 1.54) is 4.88 Å². The normalized spacial score (nSPS) is 15.4. The van der Waals surface area contributed by atoms with Crippen molar-refractivity contribution >= 4 is 29.0 Å². The van der Waals surface area contributed by atoms with Gasteiger partial charge in [-0.25, -0.2) is 0 Å². The van der Waals surface area contributed by atoms with Crippen LogP contribution < -0.4 is 5.32 Å². The average molecular weight is 362 g/mol. The van der Waals surface area contributed by atoms with Gasteiger partial charge in [0.2, 0.25) is 5.91 Å². The van der Waals surface area contributed by atoms with Crippen LogP contribution in [0.5, 0.6) is 0 Å². The molecule has 1 N–H and O–H groups in total. The summed E-state index contributed by atoms with van der Waals surface area (Å²) in [5.41, 5.74) is 1.16. The number of amides is 2. The summed E-state index contributed by atoms with van der Waals surface area (Å²) in [4.78, 5) is 30.5. The van der Waals surface area contributed by atoms with Gasteiger partial charge in [-0.1, -0.05) is 5.16 Å². The summed E-state index contributed by atoms with van der Waals surface area (Å²) in [6.45, 7) is 8.73. The number of nitrogens with zero attached hydrogens (tertiary/aromatic N) is 3. The molecule has 1 aliphatic rings. The number of nitrogens with one attached hydrogen (secondary N) is 1. The highest BCUT2D eigenvalue weighted by atomic mass is 32.1. The summed E-state index contributed by atoms with van der Waals surface area (Å²) >= 11 is 1.55. The Labute approximate surface area is 150 Å². The predicted molar refractivity (Wildman–Crippen MR) is 96.0 cm³/mol. The number of carbonyl (C=O) groups excluding carboxylic acids is 2. The van der Waals surface area contributed by atoms with Crippen LogP contribution in [0.2, 0.25) is 0 Å². The van der Waals surface area contributed by atoms with E-state index < -0.39 is 0 Å². The maximum Gasteiger partial charge on any atom is 0.264 e. The van der Waals surface area contributed by atoms with E-state index in [4.69, 9.17) is 4.52 Å². The number of hydrogen-bond donors (Lipinski definition) is 1. The van der Waals surface area contributed by atoms with E-state index in [0.717, 1.165) is 10.4 Å². The molecule has 0 aromatic carbocycles. The number of hydrogen-bond acceptors (Lipinski definition) is 6. The number of anilines is 1. The summed E-state index contributed by atoms with van der Waals surface area (Å²) in [6, 6.07) is 3.64. The van der Waals surface area contributed by atoms with E-state index in [2.05, 4.69) is 10.5 Å². The number of rotatable bonds is 4. The van der Waals surface area contributed by atoms with Crippen LogP contribution in [0.1, 0.15) is 25.9 Å². The van der Waals surface area contributed by atoms with E-state index in [-0.39, 0.29) is 18.4 Å². The lowest BCUT2D eigenvalue weighted by molar-refractivity contribution is -0.117. The van der Waals surface area contributed by atoms with Crippen LogP contribution >= 0.6 is 11.3 Å². The quantitative estimate of drug-likeness (QED) is 0.901. The molecule has 0 radical (unpaired) electrons. The van der Waals surface area contributed by atoms with Gasteiger partial charge in [-0.15, -0.1) is 11.3 Å². The Morgan fingerprint density at radius 2 is 1.92 bits per heavy atom. The highest BCUT2D eigenvalue weighted by molar-refractivity contribution is 7.14. The van der Waals surface area contributed by atoms with Gasteiger partial charge in [-0.2, -0.15) is 0 Å². The summed E-state index contributed by atoms with van der Waals surface area (Å²) in [7, 11) is 0. The van der Waals surface area contributed by atoms with Gasteiger partial charge in [0.05, 0.1) is 11.4 Å². The molecule has 25 heavy (non-hydrogen) atoms. The zero-order chi connectivity index (χ0) is 18.0. The van der Waals surface area contributed by atoms with Gasteiger partial charge in [0.15, 0.2) is 5.82 Å². The molecule has 3 heterocycles. The predicted octanol–water partition coefficient (Wildman–Crippen LogP) is 2.06. The molecule has 0 unspecified atom stereocenters. The fraction of sp³-hybridized carbons (Fsp3) is 0.471. The molecular weight excluding hydrogens is 340 g/mol. The van der Waals surface area contributed by atoms with Gasteiger partial charge < -0.3 is 14.7 Å². The summed E-state index contributed by atoms with van der Waals surface area (Å²) in [6.07, 6.45) is 0. The van der Waals surface area contributed by atoms with Crippen LogP contribution in [-0.2, 0) is 4.79 Å². The van der Waals surface area contributed by atoms with Crippen molar-refractivity contribution in [1.29, 1.82) is 0 Å². The first kappa shape index (κ1) is 17.6. The number of carbonyl (C=O) groups is 2. The maximum atomic E-state index is 12.6. The third kappa shape index (κ3) is 4.26. The Kier molecular flexibility index (Phi) is 5.19. The first-order valence-electron chi connectivity index (χ1n) is 8.24. The van der Waals surface area contributed by atoms with Crippen molar-refractivity contribution in [1.82, 2.24) is 15.0 Å². The lowest BCUT2D eigenvalue weighted by Crippen LogP contribution is -2.50. The standard InChI is InChI=1S/C17H22N4O3S/c1-11-8-14(25-13(11)3)17(23)21-6-4-20(5-7-21)10-16(22)18-15-9-12(2)24-19-15/h8-9H,4-7,10H2,1-3H3,(H,18,19,22). The highest BCUT2D eigenvalue weighted by Crippen LogP contribution is 2.22. The Balaban J connectivity index is 1.48. The minimum Gasteiger partial charge on any atom is -0.360 e. The van der Waals surface area contributed by atoms with Crippen molar-refractivity contribution in [2.24, 2.45) is 0 Å². The summed E-state index contributed by atoms with van der Waals surface area (Å²) < 4.78 is 4.93. The molecule has 7 nitrogen and oxygen atoms in total. The van der Waals surface area contributed by atoms with Crippen LogP contribution in [0.3, 0.4) is 0 Å². The average Bonchev–Trinajstić information content (AvgIpc) is 3.13. The second-order valence-corrected chi connectivity index (χ2v) is 7.55. The first-order valence-corrected chi connectivity index (χ1v) is 9.06. The maximum absolute atomic E-state index is 12.6. The lowest BCUT2D eigenvalue weighted by atomic mass is 10.2. The zero-order valence-corrected chi connectivity index (χ0v) is 15.5. The van der Waals surface area contributed by atoms with Crippen LogP contribution in [0, 0.1) is 20.8 Å². The Bertz CT molecular complexity index is 755. The van der Waals surface area contributed by atoms with Crippen molar-refractivity contribution in [2.45, 2.75) is 20.8 Å². The molecule has 0 spiro atoms. The number of thiophene rings is 1. The minimum absolute atomic E-state index is 0.0865. The van der Waals surface area contributed by atoms with Crippen molar-refractivity contribution in [3.63, 3.8) is 0 Å². The third-order valence-corrected chi connectivity index (χ3v) is 5.44. The molecule has 0 bridgehead atoms. The Morgan fingerprint density at radius 3 is 2.48 bits per heavy atom. The molecule has 2 aromatic heterocycles. The van der Waals surface area contributed by atoms with Crippen LogP contribution in [-0.4, -0.2) is 59.5 Å². The van der Waals surface area contributed by atoms with Crippen molar-refractivity contribution in [3.05, 3.63) is 33.2 Å². The van der Waals surface area contributed by atoms with E-state index >= 15 is 0 Å². The lowest BCUT2D eigenvalue weighted by Gasteiger charge is -2.34. The molecule has 1 aliphatic heterocycles. The van der Waals surface area contributed by atoms with Crippen molar-refractivity contribution in [3.8, 4) is 0 Å². The molecule has 8 heteroatoms. The van der Waals surface area contributed by atoms with Crippen LogP contribution in [0.25, 0.3) is 0 Å². The second-order valence-electron chi connectivity index (χ2n) is 6.29. The molecule has 0 atom stereocenters. The monoisotopic (exact) mass is 362 g/mol. The molecule has 1 saturated heterocycles. The van der Waals surface area contributed by atoms with Crippen LogP contribution in [0.15, 0.2) is 16.7 Å². The number of aryl methyl sites for hydroxylation is 3. The van der Waals surface area contributed by atoms with E-state index in [1.807, 2.05) is 29.7 Å². The van der Waals surface area contributed by atoms with E-state index in [0.29, 0.717) is 37.8 Å². The smallest absolute Gasteiger partial charge is 0.264 e. The van der Waals surface area contributed by atoms with Crippen LogP contribution in [0.4, 0.5) is 5.82 Å². The molecular formula is C17H22N4O3S. The van der Waals surface area contributed by atoms with Gasteiger partial charge >= 0.3 is 0 Å². The van der Waals surface area contributed by atoms with Crippen molar-refractivity contribution < 1.29 is 14.1 Å². The topological polar surface area (TPSA) is 78.7 Å². The fourth-order valence-electron chi connectivity index (χ4n) is 2.75. The van der Waals surface area contributed by atoms with Gasteiger partial charge in [-0.05, 0) is 32.4 Å². The van der Waals surface area contributed by atoms with Gasteiger partial charge in [0.25, 0.3) is 5.91 Å². The molecule has 134 valence electrons. The summed E-state index contributed by atoms with van der Waals surface area (Å²) in [5, 5.41) is 6.46. The number of piperazine rings is 1. The van der Waals surface area contributed by atoms with E-state index in [9.17, 15) is 9.59 Å². The Hall–Kier alpha value is -2.19. The second kappa shape index (κ2) is 7.37. The fourth-order valence-corrected chi connectivity index (χ4v) is 3.76. The molecule has 3 rings (SSSR count). The summed E-state index contributed by atoms with van der Waals surface area (Å²) in [5.74, 6) is 1.04. The highest BCUT2D eigenvalue weighted by Gasteiger charge is 2.24. The van der Waals surface area contributed by atoms with Gasteiger partial charge in [0, 0.05) is 37.1 Å². The number of aromatic nitrogens is 1. The SMILES string of the molecule is Cc1cc(NC(=O)CN2CCN(C(=O)c3cc(C)c(C)s3)CC2)no1. The molecule has 1 fully saturated rings. The van der Waals surface area contributed by atoms with Crippen molar-refractivity contribution in [2.75, 3.05) is 38.0 Å². The largest absolute Gasteiger partial charge is 0.360 e. The first-order chi connectivity index (χ1) is 11.9. The minimum atomic E-state index is -0.127. The molecule has 0 saturated carbocycles. The van der Waals surface area contributed by atoms with Gasteiger partial charge in [0.1, 0.15) is 5.76 Å².